The van der Waals surface area contributed by atoms with Crippen LogP contribution in [0.3, 0.4) is 0 Å². The van der Waals surface area contributed by atoms with Crippen molar-refractivity contribution < 1.29 is 19.3 Å². The van der Waals surface area contributed by atoms with Gasteiger partial charge in [0.2, 0.25) is 0 Å². The van der Waals surface area contributed by atoms with Gasteiger partial charge in [0.25, 0.3) is 0 Å². The highest BCUT2D eigenvalue weighted by Crippen LogP contribution is 1.84. The van der Waals surface area contributed by atoms with E-state index in [-0.39, 0.29) is 0 Å². The zero-order chi connectivity index (χ0) is 10.8. The van der Waals surface area contributed by atoms with Crippen molar-refractivity contribution in [2.45, 2.75) is 26.7 Å². The van der Waals surface area contributed by atoms with Crippen molar-refractivity contribution in [2.24, 2.45) is 10.3 Å². The zero-order valence-electron chi connectivity index (χ0n) is 8.10. The summed E-state index contributed by atoms with van der Waals surface area (Å²) in [5.74, 6) is -0.926. The number of carbonyl (C=O) groups excluding carboxylic acids is 2. The Morgan fingerprint density at radius 1 is 1.00 bits per heavy atom. The van der Waals surface area contributed by atoms with Crippen molar-refractivity contribution in [3.63, 3.8) is 0 Å². The van der Waals surface area contributed by atoms with Crippen molar-refractivity contribution in [1.29, 1.82) is 0 Å². The quantitative estimate of drug-likeness (QED) is 0.285. The summed E-state index contributed by atoms with van der Waals surface area (Å²) in [4.78, 5) is 29.0. The number of hydrogen-bond acceptors (Lipinski definition) is 6. The lowest BCUT2D eigenvalue weighted by atomic mass is 10.4. The molecule has 0 bridgehead atoms. The summed E-state index contributed by atoms with van der Waals surface area (Å²) in [7, 11) is 0. The minimum atomic E-state index is -0.463. The molecule has 0 radical (unpaired) electrons. The first-order valence-electron chi connectivity index (χ1n) is 4.01. The number of carbonyl (C=O) groups is 2. The average molecular weight is 200 g/mol. The topological polar surface area (TPSA) is 77.3 Å². The van der Waals surface area contributed by atoms with Crippen molar-refractivity contribution in [2.75, 3.05) is 0 Å². The summed E-state index contributed by atoms with van der Waals surface area (Å²) in [6, 6.07) is 0. The Morgan fingerprint density at radius 3 is 1.64 bits per heavy atom. The first-order chi connectivity index (χ1) is 6.63. The summed E-state index contributed by atoms with van der Waals surface area (Å²) < 4.78 is 0. The molecular formula is C8H12N2O4. The van der Waals surface area contributed by atoms with Crippen LogP contribution >= 0.6 is 0 Å². The summed E-state index contributed by atoms with van der Waals surface area (Å²) in [5, 5.41) is 6.72. The van der Waals surface area contributed by atoms with E-state index in [9.17, 15) is 9.59 Å². The van der Waals surface area contributed by atoms with Crippen LogP contribution in [0.5, 0.6) is 0 Å². The summed E-state index contributed by atoms with van der Waals surface area (Å²) in [6.45, 7) is 2.53. The Hall–Kier alpha value is -1.72. The minimum Gasteiger partial charge on any atom is -0.319 e. The Kier molecular flexibility index (Phi) is 6.93. The van der Waals surface area contributed by atoms with E-state index < -0.39 is 11.9 Å². The molecule has 0 heterocycles. The molecule has 0 spiro atoms. The lowest BCUT2D eigenvalue weighted by Gasteiger charge is -1.89. The van der Waals surface area contributed by atoms with Gasteiger partial charge >= 0.3 is 11.9 Å². The van der Waals surface area contributed by atoms with E-state index in [4.69, 9.17) is 0 Å². The van der Waals surface area contributed by atoms with Crippen LogP contribution in [-0.4, -0.2) is 24.4 Å². The van der Waals surface area contributed by atoms with E-state index >= 15 is 0 Å². The fraction of sp³-hybridized carbons (Fsp3) is 0.500. The molecule has 0 N–H and O–H groups in total. The molecule has 6 heteroatoms. The molecule has 78 valence electrons. The van der Waals surface area contributed by atoms with Gasteiger partial charge in [0.05, 0.1) is 0 Å². The molecule has 0 aliphatic rings. The molecule has 0 atom stereocenters. The Bertz CT molecular complexity index is 222. The molecule has 0 fully saturated rings. The lowest BCUT2D eigenvalue weighted by Crippen LogP contribution is -1.92. The van der Waals surface area contributed by atoms with Gasteiger partial charge < -0.3 is 9.68 Å². The molecule has 6 nitrogen and oxygen atoms in total. The molecule has 0 aromatic heterocycles. The SMILES string of the molecule is CC(=O)O/N=C/CC/C=N/OC(C)=O. The van der Waals surface area contributed by atoms with Gasteiger partial charge in [-0.05, 0) is 12.8 Å². The maximum atomic E-state index is 10.2. The van der Waals surface area contributed by atoms with Gasteiger partial charge in [-0.1, -0.05) is 10.3 Å². The predicted octanol–water partition coefficient (Wildman–Crippen LogP) is 0.864. The van der Waals surface area contributed by atoms with Crippen LogP contribution in [0.25, 0.3) is 0 Å². The molecule has 0 aromatic rings. The third-order valence-electron chi connectivity index (χ3n) is 0.936. The van der Waals surface area contributed by atoms with Gasteiger partial charge in [-0.2, -0.15) is 0 Å². The smallest absolute Gasteiger partial charge is 0.319 e. The molecule has 0 unspecified atom stereocenters. The maximum Gasteiger partial charge on any atom is 0.331 e. The van der Waals surface area contributed by atoms with Crippen LogP contribution in [0.2, 0.25) is 0 Å². The Balaban J connectivity index is 3.37. The highest BCUT2D eigenvalue weighted by molar-refractivity contribution is 5.69. The predicted molar refractivity (Wildman–Crippen MR) is 49.8 cm³/mol. The molecule has 0 rings (SSSR count). The van der Waals surface area contributed by atoms with Crippen molar-refractivity contribution in [1.82, 2.24) is 0 Å². The third kappa shape index (κ3) is 10.3. The van der Waals surface area contributed by atoms with E-state index in [1.807, 2.05) is 0 Å². The van der Waals surface area contributed by atoms with E-state index in [1.54, 1.807) is 0 Å². The van der Waals surface area contributed by atoms with Crippen LogP contribution in [0.1, 0.15) is 26.7 Å². The first kappa shape index (κ1) is 12.3. The zero-order valence-corrected chi connectivity index (χ0v) is 8.10. The Morgan fingerprint density at radius 2 is 1.36 bits per heavy atom. The number of rotatable bonds is 5. The summed E-state index contributed by atoms with van der Waals surface area (Å²) >= 11 is 0. The Labute approximate surface area is 81.5 Å². The molecule has 0 saturated heterocycles. The van der Waals surface area contributed by atoms with Gasteiger partial charge in [-0.3, -0.25) is 0 Å². The first-order valence-corrected chi connectivity index (χ1v) is 4.01. The van der Waals surface area contributed by atoms with E-state index in [0.29, 0.717) is 12.8 Å². The van der Waals surface area contributed by atoms with Gasteiger partial charge in [0.1, 0.15) is 0 Å². The second-order valence-corrected chi connectivity index (χ2v) is 2.32. The monoisotopic (exact) mass is 200 g/mol. The maximum absolute atomic E-state index is 10.2. The van der Waals surface area contributed by atoms with E-state index in [0.717, 1.165) is 0 Å². The number of unbranched alkanes of at least 4 members (excludes halogenated alkanes) is 1. The van der Waals surface area contributed by atoms with Gasteiger partial charge in [0, 0.05) is 26.3 Å². The largest absolute Gasteiger partial charge is 0.331 e. The molecule has 0 aromatic carbocycles. The number of oxime groups is 2. The van der Waals surface area contributed by atoms with Crippen molar-refractivity contribution >= 4 is 24.4 Å². The third-order valence-corrected chi connectivity index (χ3v) is 0.936. The lowest BCUT2D eigenvalue weighted by molar-refractivity contribution is -0.141. The fourth-order valence-electron chi connectivity index (χ4n) is 0.477. The molecule has 0 amide bonds. The highest BCUT2D eigenvalue weighted by Gasteiger charge is 1.87. The van der Waals surface area contributed by atoms with E-state index in [2.05, 4.69) is 20.0 Å². The number of nitrogens with zero attached hydrogens (tertiary/aromatic N) is 2. The molecule has 0 saturated carbocycles. The molecular weight excluding hydrogens is 188 g/mol. The van der Waals surface area contributed by atoms with Gasteiger partial charge in [-0.15, -0.1) is 0 Å². The normalized spacial score (nSPS) is 10.7. The fourth-order valence-corrected chi connectivity index (χ4v) is 0.477. The molecule has 0 aliphatic heterocycles. The number of hydrogen-bond donors (Lipinski definition) is 0. The van der Waals surface area contributed by atoms with Crippen molar-refractivity contribution in [3.8, 4) is 0 Å². The second-order valence-electron chi connectivity index (χ2n) is 2.32. The standard InChI is InChI=1S/C8H12N2O4/c1-7(11)13-9-5-3-4-6-10-14-8(2)12/h5-6H,3-4H2,1-2H3/b9-5+,10-6+. The van der Waals surface area contributed by atoms with E-state index in [1.165, 1.54) is 26.3 Å². The molecule has 0 aliphatic carbocycles. The summed E-state index contributed by atoms with van der Waals surface area (Å²) in [5.41, 5.74) is 0. The van der Waals surface area contributed by atoms with Gasteiger partial charge in [0.15, 0.2) is 0 Å². The van der Waals surface area contributed by atoms with Crippen LogP contribution in [0, 0.1) is 0 Å². The minimum absolute atomic E-state index is 0.463. The molecule has 14 heavy (non-hydrogen) atoms. The highest BCUT2D eigenvalue weighted by atomic mass is 16.7. The van der Waals surface area contributed by atoms with Crippen LogP contribution in [0.4, 0.5) is 0 Å². The average Bonchev–Trinajstić information content (AvgIpc) is 2.08. The van der Waals surface area contributed by atoms with Crippen molar-refractivity contribution in [3.05, 3.63) is 0 Å². The summed E-state index contributed by atoms with van der Waals surface area (Å²) in [6.07, 6.45) is 3.97. The van der Waals surface area contributed by atoms with Gasteiger partial charge in [-0.25, -0.2) is 9.59 Å². The van der Waals surface area contributed by atoms with Crippen LogP contribution in [0.15, 0.2) is 10.3 Å². The van der Waals surface area contributed by atoms with Crippen LogP contribution in [-0.2, 0) is 19.3 Å². The van der Waals surface area contributed by atoms with Crippen LogP contribution < -0.4 is 0 Å². The second kappa shape index (κ2) is 7.90.